The highest BCUT2D eigenvalue weighted by atomic mass is 32.2. The fraction of sp³-hybridized carbons (Fsp3) is 0.846. The first-order valence-electron chi connectivity index (χ1n) is 6.12. The molecule has 0 aliphatic carbocycles. The summed E-state index contributed by atoms with van der Waals surface area (Å²) in [5, 5.41) is 9.47. The number of carboxylic acid groups (broad SMARTS) is 1. The first-order chi connectivity index (χ1) is 8.08. The average Bonchev–Trinajstić information content (AvgIpc) is 2.15. The van der Waals surface area contributed by atoms with Crippen molar-refractivity contribution in [3.63, 3.8) is 0 Å². The summed E-state index contributed by atoms with van der Waals surface area (Å²) in [5.41, 5.74) is -1.46. The van der Waals surface area contributed by atoms with Crippen LogP contribution in [0.5, 0.6) is 0 Å². The number of hydrogen-bond acceptors (Lipinski definition) is 4. The SMILES string of the molecule is CCOC(=O)[C@](CSC(C)(C)C)(C(=O)O)C(C)C. The lowest BCUT2D eigenvalue weighted by Gasteiger charge is -2.32. The molecule has 0 amide bonds. The first-order valence-corrected chi connectivity index (χ1v) is 7.11. The van der Waals surface area contributed by atoms with Crippen LogP contribution in [0, 0.1) is 11.3 Å². The van der Waals surface area contributed by atoms with Crippen LogP contribution in [0.2, 0.25) is 0 Å². The van der Waals surface area contributed by atoms with Gasteiger partial charge >= 0.3 is 11.9 Å². The first kappa shape index (κ1) is 17.3. The van der Waals surface area contributed by atoms with Gasteiger partial charge in [-0.3, -0.25) is 9.59 Å². The summed E-state index contributed by atoms with van der Waals surface area (Å²) in [6.07, 6.45) is 0. The molecule has 0 saturated carbocycles. The molecule has 4 nitrogen and oxygen atoms in total. The summed E-state index contributed by atoms with van der Waals surface area (Å²) >= 11 is 1.47. The molecule has 0 saturated heterocycles. The van der Waals surface area contributed by atoms with Crippen LogP contribution in [0.3, 0.4) is 0 Å². The fourth-order valence-electron chi connectivity index (χ4n) is 1.45. The lowest BCUT2D eigenvalue weighted by atomic mass is 9.79. The van der Waals surface area contributed by atoms with Gasteiger partial charge in [-0.15, -0.1) is 0 Å². The maximum Gasteiger partial charge on any atom is 0.324 e. The highest BCUT2D eigenvalue weighted by Gasteiger charge is 2.51. The lowest BCUT2D eigenvalue weighted by Crippen LogP contribution is -2.47. The Hall–Kier alpha value is -0.710. The molecule has 0 spiro atoms. The second-order valence-corrected chi connectivity index (χ2v) is 7.35. The topological polar surface area (TPSA) is 63.6 Å². The number of hydrogen-bond donors (Lipinski definition) is 1. The number of ether oxygens (including phenoxy) is 1. The van der Waals surface area contributed by atoms with Gasteiger partial charge in [0.25, 0.3) is 0 Å². The predicted molar refractivity (Wildman–Crippen MR) is 73.8 cm³/mol. The molecule has 1 N–H and O–H groups in total. The Morgan fingerprint density at radius 1 is 1.28 bits per heavy atom. The molecule has 0 rings (SSSR count). The van der Waals surface area contributed by atoms with E-state index >= 15 is 0 Å². The molecule has 0 bridgehead atoms. The van der Waals surface area contributed by atoms with E-state index in [-0.39, 0.29) is 23.0 Å². The van der Waals surface area contributed by atoms with E-state index < -0.39 is 17.4 Å². The smallest absolute Gasteiger partial charge is 0.324 e. The molecule has 0 fully saturated rings. The normalized spacial score (nSPS) is 15.3. The minimum absolute atomic E-state index is 0.0952. The number of esters is 1. The Bertz CT molecular complexity index is 307. The predicted octanol–water partition coefficient (Wildman–Crippen LogP) is 2.81. The lowest BCUT2D eigenvalue weighted by molar-refractivity contribution is -0.170. The van der Waals surface area contributed by atoms with Gasteiger partial charge in [0, 0.05) is 10.5 Å². The van der Waals surface area contributed by atoms with Crippen molar-refractivity contribution in [3.05, 3.63) is 0 Å². The molecular formula is C13H24O4S. The minimum atomic E-state index is -1.46. The molecule has 0 aromatic heterocycles. The van der Waals surface area contributed by atoms with Gasteiger partial charge in [-0.2, -0.15) is 11.8 Å². The molecule has 0 radical (unpaired) electrons. The van der Waals surface area contributed by atoms with E-state index in [9.17, 15) is 14.7 Å². The monoisotopic (exact) mass is 276 g/mol. The zero-order valence-electron chi connectivity index (χ0n) is 12.1. The average molecular weight is 276 g/mol. The van der Waals surface area contributed by atoms with Gasteiger partial charge in [0.15, 0.2) is 5.41 Å². The van der Waals surface area contributed by atoms with Crippen LogP contribution in [0.4, 0.5) is 0 Å². The van der Waals surface area contributed by atoms with E-state index in [1.165, 1.54) is 11.8 Å². The second-order valence-electron chi connectivity index (χ2n) is 5.55. The Morgan fingerprint density at radius 3 is 2.06 bits per heavy atom. The van der Waals surface area contributed by atoms with E-state index in [1.54, 1.807) is 20.8 Å². The van der Waals surface area contributed by atoms with Crippen LogP contribution in [0.25, 0.3) is 0 Å². The summed E-state index contributed by atoms with van der Waals surface area (Å²) < 4.78 is 4.87. The number of aliphatic carboxylic acids is 1. The number of carbonyl (C=O) groups is 2. The van der Waals surface area contributed by atoms with Crippen molar-refractivity contribution in [3.8, 4) is 0 Å². The van der Waals surface area contributed by atoms with Gasteiger partial charge in [0.05, 0.1) is 6.61 Å². The van der Waals surface area contributed by atoms with Crippen LogP contribution in [0.1, 0.15) is 41.5 Å². The van der Waals surface area contributed by atoms with Crippen molar-refractivity contribution in [2.24, 2.45) is 11.3 Å². The summed E-state index contributed by atoms with van der Waals surface area (Å²) in [4.78, 5) is 23.6. The maximum atomic E-state index is 12.0. The van der Waals surface area contributed by atoms with Crippen LogP contribution in [-0.4, -0.2) is 34.2 Å². The Kier molecular flexibility index (Phi) is 6.20. The molecule has 0 aromatic rings. The van der Waals surface area contributed by atoms with Crippen LogP contribution < -0.4 is 0 Å². The van der Waals surface area contributed by atoms with E-state index in [0.717, 1.165) is 0 Å². The van der Waals surface area contributed by atoms with Gasteiger partial charge in [0.2, 0.25) is 0 Å². The highest BCUT2D eigenvalue weighted by Crippen LogP contribution is 2.38. The van der Waals surface area contributed by atoms with Crippen molar-refractivity contribution < 1.29 is 19.4 Å². The van der Waals surface area contributed by atoms with Crippen molar-refractivity contribution >= 4 is 23.7 Å². The largest absolute Gasteiger partial charge is 0.480 e. The molecule has 0 heterocycles. The summed E-state index contributed by atoms with van der Waals surface area (Å²) in [7, 11) is 0. The Morgan fingerprint density at radius 2 is 1.78 bits per heavy atom. The van der Waals surface area contributed by atoms with Crippen molar-refractivity contribution in [2.75, 3.05) is 12.4 Å². The van der Waals surface area contributed by atoms with Gasteiger partial charge < -0.3 is 9.84 Å². The van der Waals surface area contributed by atoms with E-state index in [4.69, 9.17) is 4.74 Å². The summed E-state index contributed by atoms with van der Waals surface area (Å²) in [5.74, 6) is -1.83. The van der Waals surface area contributed by atoms with E-state index in [2.05, 4.69) is 0 Å². The summed E-state index contributed by atoms with van der Waals surface area (Å²) in [6, 6.07) is 0. The third-order valence-corrected chi connectivity index (χ3v) is 4.21. The number of rotatable bonds is 6. The van der Waals surface area contributed by atoms with Crippen LogP contribution >= 0.6 is 11.8 Å². The van der Waals surface area contributed by atoms with Crippen LogP contribution in [-0.2, 0) is 14.3 Å². The van der Waals surface area contributed by atoms with Crippen molar-refractivity contribution in [1.29, 1.82) is 0 Å². The van der Waals surface area contributed by atoms with Gasteiger partial charge in [-0.25, -0.2) is 0 Å². The molecule has 0 aromatic carbocycles. The molecule has 0 unspecified atom stereocenters. The van der Waals surface area contributed by atoms with E-state index in [1.807, 2.05) is 20.8 Å². The molecule has 18 heavy (non-hydrogen) atoms. The molecule has 106 valence electrons. The number of carbonyl (C=O) groups excluding carboxylic acids is 1. The van der Waals surface area contributed by atoms with Gasteiger partial charge in [-0.1, -0.05) is 34.6 Å². The van der Waals surface area contributed by atoms with Crippen LogP contribution in [0.15, 0.2) is 0 Å². The Labute approximate surface area is 113 Å². The van der Waals surface area contributed by atoms with Crippen molar-refractivity contribution in [2.45, 2.75) is 46.3 Å². The quantitative estimate of drug-likeness (QED) is 0.597. The maximum absolute atomic E-state index is 12.0. The van der Waals surface area contributed by atoms with Gasteiger partial charge in [0.1, 0.15) is 0 Å². The minimum Gasteiger partial charge on any atom is -0.480 e. The zero-order valence-corrected chi connectivity index (χ0v) is 12.9. The molecule has 1 atom stereocenters. The fourth-order valence-corrected chi connectivity index (χ4v) is 2.68. The Balaban J connectivity index is 5.24. The van der Waals surface area contributed by atoms with Crippen molar-refractivity contribution in [1.82, 2.24) is 0 Å². The third-order valence-electron chi connectivity index (χ3n) is 2.74. The van der Waals surface area contributed by atoms with Gasteiger partial charge in [-0.05, 0) is 12.8 Å². The standard InChI is InChI=1S/C13H24O4S/c1-7-17-11(16)13(9(2)3,10(14)15)8-18-12(4,5)6/h9H,7-8H2,1-6H3,(H,14,15)/t13-/m0/s1. The number of thioether (sulfide) groups is 1. The third kappa shape index (κ3) is 4.19. The second kappa shape index (κ2) is 6.45. The van der Waals surface area contributed by atoms with E-state index in [0.29, 0.717) is 0 Å². The highest BCUT2D eigenvalue weighted by molar-refractivity contribution is 8.00. The molecule has 0 aliphatic rings. The molecule has 0 aliphatic heterocycles. The zero-order chi connectivity index (χ0) is 14.6. The summed E-state index contributed by atoms with van der Waals surface area (Å²) in [6.45, 7) is 11.4. The molecule has 5 heteroatoms. The molecular weight excluding hydrogens is 252 g/mol. The number of carboxylic acids is 1.